The second kappa shape index (κ2) is 6.36. The summed E-state index contributed by atoms with van der Waals surface area (Å²) in [6.07, 6.45) is 1.15. The lowest BCUT2D eigenvalue weighted by Gasteiger charge is -2.11. The molecule has 1 heterocycles. The van der Waals surface area contributed by atoms with Crippen LogP contribution in [0.4, 0.5) is 11.5 Å². The first kappa shape index (κ1) is 14.3. The molecule has 0 atom stereocenters. The van der Waals surface area contributed by atoms with Gasteiger partial charge in [-0.05, 0) is 24.6 Å². The van der Waals surface area contributed by atoms with Crippen molar-refractivity contribution in [3.05, 3.63) is 46.4 Å². The molecular formula is C15H15ClN4. The molecule has 0 amide bonds. The third kappa shape index (κ3) is 3.25. The van der Waals surface area contributed by atoms with Gasteiger partial charge in [0.1, 0.15) is 16.8 Å². The predicted octanol–water partition coefficient (Wildman–Crippen LogP) is 3.81. The Morgan fingerprint density at radius 2 is 1.95 bits per heavy atom. The van der Waals surface area contributed by atoms with Crippen LogP contribution in [0.2, 0.25) is 5.15 Å². The van der Waals surface area contributed by atoms with Crippen LogP contribution in [0.25, 0.3) is 0 Å². The number of nitriles is 1. The topological polar surface area (TPSA) is 61.6 Å². The van der Waals surface area contributed by atoms with Crippen LogP contribution in [-0.4, -0.2) is 9.97 Å². The van der Waals surface area contributed by atoms with Crippen molar-refractivity contribution in [2.45, 2.75) is 26.7 Å². The number of aromatic nitrogens is 2. The zero-order chi connectivity index (χ0) is 14.5. The van der Waals surface area contributed by atoms with Gasteiger partial charge in [0, 0.05) is 17.7 Å². The van der Waals surface area contributed by atoms with Crippen molar-refractivity contribution in [1.82, 2.24) is 9.97 Å². The number of aryl methyl sites for hydroxylation is 1. The summed E-state index contributed by atoms with van der Waals surface area (Å²) in [7, 11) is 0. The molecule has 5 heteroatoms. The highest BCUT2D eigenvalue weighted by molar-refractivity contribution is 6.30. The molecule has 1 aromatic heterocycles. The Bertz CT molecular complexity index is 644. The molecule has 0 aliphatic heterocycles. The quantitative estimate of drug-likeness (QED) is 0.868. The van der Waals surface area contributed by atoms with E-state index < -0.39 is 0 Å². The molecule has 0 radical (unpaired) electrons. The average molecular weight is 287 g/mol. The fourth-order valence-corrected chi connectivity index (χ4v) is 1.93. The van der Waals surface area contributed by atoms with E-state index in [4.69, 9.17) is 16.9 Å². The zero-order valence-corrected chi connectivity index (χ0v) is 12.2. The molecular weight excluding hydrogens is 272 g/mol. The van der Waals surface area contributed by atoms with Gasteiger partial charge >= 0.3 is 0 Å². The fraction of sp³-hybridized carbons (Fsp3) is 0.267. The summed E-state index contributed by atoms with van der Waals surface area (Å²) >= 11 is 6.10. The molecule has 2 aromatic rings. The summed E-state index contributed by atoms with van der Waals surface area (Å²) in [4.78, 5) is 8.66. The highest BCUT2D eigenvalue weighted by Crippen LogP contribution is 2.23. The van der Waals surface area contributed by atoms with E-state index in [-0.39, 0.29) is 0 Å². The Balaban J connectivity index is 2.25. The normalized spacial score (nSPS) is 10.1. The Morgan fingerprint density at radius 1 is 1.25 bits per heavy atom. The third-order valence-corrected chi connectivity index (χ3v) is 3.32. The number of nitrogens with one attached hydrogen (secondary N) is 1. The first-order chi connectivity index (χ1) is 9.63. The van der Waals surface area contributed by atoms with E-state index in [0.29, 0.717) is 17.4 Å². The van der Waals surface area contributed by atoms with Crippen molar-refractivity contribution in [2.75, 3.05) is 5.32 Å². The molecule has 102 valence electrons. The molecule has 0 spiro atoms. The van der Waals surface area contributed by atoms with Gasteiger partial charge in [-0.15, -0.1) is 0 Å². The average Bonchev–Trinajstić information content (AvgIpc) is 2.46. The number of nitrogens with zero attached hydrogens (tertiary/aromatic N) is 3. The van der Waals surface area contributed by atoms with E-state index in [2.05, 4.69) is 21.4 Å². The number of hydrogen-bond donors (Lipinski definition) is 1. The molecule has 20 heavy (non-hydrogen) atoms. The lowest BCUT2D eigenvalue weighted by molar-refractivity contribution is 0.934. The van der Waals surface area contributed by atoms with Crippen LogP contribution in [0.15, 0.2) is 24.3 Å². The zero-order valence-electron chi connectivity index (χ0n) is 11.4. The number of rotatable bonds is 4. The minimum absolute atomic E-state index is 0.415. The van der Waals surface area contributed by atoms with Crippen LogP contribution in [0, 0.1) is 18.3 Å². The maximum absolute atomic E-state index is 8.65. The monoisotopic (exact) mass is 286 g/mol. The third-order valence-electron chi connectivity index (χ3n) is 2.95. The summed E-state index contributed by atoms with van der Waals surface area (Å²) in [5.74, 6) is 1.43. The van der Waals surface area contributed by atoms with Gasteiger partial charge in [0.25, 0.3) is 0 Å². The summed E-state index contributed by atoms with van der Waals surface area (Å²) in [6, 6.07) is 9.82. The van der Waals surface area contributed by atoms with Gasteiger partial charge in [-0.2, -0.15) is 5.26 Å². The minimum atomic E-state index is 0.415. The smallest absolute Gasteiger partial charge is 0.138 e. The van der Waals surface area contributed by atoms with Crippen molar-refractivity contribution in [2.24, 2.45) is 0 Å². The molecule has 0 aliphatic rings. The van der Waals surface area contributed by atoms with Crippen molar-refractivity contribution < 1.29 is 0 Å². The maximum Gasteiger partial charge on any atom is 0.138 e. The summed E-state index contributed by atoms with van der Waals surface area (Å²) in [6.45, 7) is 3.87. The first-order valence-electron chi connectivity index (χ1n) is 6.40. The van der Waals surface area contributed by atoms with E-state index in [9.17, 15) is 0 Å². The van der Waals surface area contributed by atoms with Gasteiger partial charge in [0.15, 0.2) is 0 Å². The van der Waals surface area contributed by atoms with Crippen LogP contribution >= 0.6 is 11.6 Å². The van der Waals surface area contributed by atoms with E-state index in [0.717, 1.165) is 29.1 Å². The fourth-order valence-electron chi connectivity index (χ4n) is 1.75. The van der Waals surface area contributed by atoms with Crippen LogP contribution in [0.1, 0.15) is 23.9 Å². The van der Waals surface area contributed by atoms with Gasteiger partial charge < -0.3 is 5.32 Å². The van der Waals surface area contributed by atoms with Gasteiger partial charge in [-0.25, -0.2) is 9.97 Å². The molecule has 0 bridgehead atoms. The van der Waals surface area contributed by atoms with Crippen LogP contribution in [-0.2, 0) is 12.8 Å². The molecule has 1 aromatic carbocycles. The Morgan fingerprint density at radius 3 is 2.55 bits per heavy atom. The van der Waals surface area contributed by atoms with Gasteiger partial charge in [0.05, 0.1) is 12.5 Å². The molecule has 0 saturated carbocycles. The van der Waals surface area contributed by atoms with Crippen LogP contribution in [0.5, 0.6) is 0 Å². The number of hydrogen-bond acceptors (Lipinski definition) is 4. The number of anilines is 2. The second-order valence-corrected chi connectivity index (χ2v) is 4.77. The van der Waals surface area contributed by atoms with Crippen molar-refractivity contribution >= 4 is 23.1 Å². The van der Waals surface area contributed by atoms with Crippen molar-refractivity contribution in [3.8, 4) is 6.07 Å². The van der Waals surface area contributed by atoms with E-state index in [1.807, 2.05) is 38.1 Å². The molecule has 4 nitrogen and oxygen atoms in total. The van der Waals surface area contributed by atoms with Crippen LogP contribution in [0.3, 0.4) is 0 Å². The van der Waals surface area contributed by atoms with E-state index >= 15 is 0 Å². The molecule has 0 saturated heterocycles. The summed E-state index contributed by atoms with van der Waals surface area (Å²) in [5, 5.41) is 12.4. The minimum Gasteiger partial charge on any atom is -0.340 e. The molecule has 0 fully saturated rings. The molecule has 0 unspecified atom stereocenters. The molecule has 1 N–H and O–H groups in total. The lowest BCUT2D eigenvalue weighted by atomic mass is 10.1. The van der Waals surface area contributed by atoms with E-state index in [1.54, 1.807) is 0 Å². The first-order valence-corrected chi connectivity index (χ1v) is 6.77. The molecule has 2 rings (SSSR count). The van der Waals surface area contributed by atoms with E-state index in [1.165, 1.54) is 0 Å². The Kier molecular flexibility index (Phi) is 4.54. The summed E-state index contributed by atoms with van der Waals surface area (Å²) < 4.78 is 0. The summed E-state index contributed by atoms with van der Waals surface area (Å²) in [5.41, 5.74) is 2.72. The number of halogens is 1. The largest absolute Gasteiger partial charge is 0.340 e. The highest BCUT2D eigenvalue weighted by atomic mass is 35.5. The Labute approximate surface area is 123 Å². The van der Waals surface area contributed by atoms with Crippen molar-refractivity contribution in [3.63, 3.8) is 0 Å². The van der Waals surface area contributed by atoms with Gasteiger partial charge in [0.2, 0.25) is 0 Å². The second-order valence-electron chi connectivity index (χ2n) is 4.41. The maximum atomic E-state index is 8.65. The highest BCUT2D eigenvalue weighted by Gasteiger charge is 2.08. The van der Waals surface area contributed by atoms with Gasteiger partial charge in [-0.3, -0.25) is 0 Å². The lowest BCUT2D eigenvalue weighted by Crippen LogP contribution is -2.03. The Hall–Kier alpha value is -2.12. The van der Waals surface area contributed by atoms with Gasteiger partial charge in [-0.1, -0.05) is 30.7 Å². The standard InChI is InChI=1S/C15H15ClN4/c1-3-13-19-14(16)10(2)15(20-13)18-12-6-4-11(5-7-12)8-9-17/h4-7H,3,8H2,1-2H3,(H,18,19,20). The molecule has 0 aliphatic carbocycles. The SMILES string of the molecule is CCc1nc(Cl)c(C)c(Nc2ccc(CC#N)cc2)n1. The predicted molar refractivity (Wildman–Crippen MR) is 80.2 cm³/mol. The van der Waals surface area contributed by atoms with Crippen molar-refractivity contribution in [1.29, 1.82) is 5.26 Å². The number of benzene rings is 1. The van der Waals surface area contributed by atoms with Crippen LogP contribution < -0.4 is 5.32 Å².